The first-order chi connectivity index (χ1) is 10.9. The average molecular weight is 322 g/mol. The molecule has 2 unspecified atom stereocenters. The zero-order valence-corrected chi connectivity index (χ0v) is 14.3. The second-order valence-electron chi connectivity index (χ2n) is 7.03. The lowest BCUT2D eigenvalue weighted by Gasteiger charge is -2.40. The number of amides is 3. The van der Waals surface area contributed by atoms with Gasteiger partial charge < -0.3 is 19.6 Å². The van der Waals surface area contributed by atoms with Crippen molar-refractivity contribution in [3.8, 4) is 0 Å². The normalized spacial score (nSPS) is 29.1. The molecule has 1 N–H and O–H groups in total. The molecule has 3 aliphatic heterocycles. The van der Waals surface area contributed by atoms with E-state index in [9.17, 15) is 9.59 Å². The molecule has 8 nitrogen and oxygen atoms in total. The van der Waals surface area contributed by atoms with Crippen LogP contribution in [0.15, 0.2) is 4.99 Å². The summed E-state index contributed by atoms with van der Waals surface area (Å²) in [6, 6.07) is -0.793. The molecule has 2 fully saturated rings. The van der Waals surface area contributed by atoms with Crippen molar-refractivity contribution in [2.45, 2.75) is 26.1 Å². The minimum atomic E-state index is -0.426. The summed E-state index contributed by atoms with van der Waals surface area (Å²) >= 11 is 0. The molecule has 3 rings (SSSR count). The van der Waals surface area contributed by atoms with Gasteiger partial charge >= 0.3 is 6.03 Å². The fourth-order valence-electron chi connectivity index (χ4n) is 3.37. The molecule has 2 saturated heterocycles. The third kappa shape index (κ3) is 2.87. The van der Waals surface area contributed by atoms with E-state index in [-0.39, 0.29) is 11.9 Å². The molecule has 8 heteroatoms. The minimum Gasteiger partial charge on any atom is -0.340 e. The van der Waals surface area contributed by atoms with E-state index in [4.69, 9.17) is 4.99 Å². The lowest BCUT2D eigenvalue weighted by molar-refractivity contribution is -0.127. The summed E-state index contributed by atoms with van der Waals surface area (Å²) in [7, 11) is 3.81. The summed E-state index contributed by atoms with van der Waals surface area (Å²) in [4.78, 5) is 37.2. The van der Waals surface area contributed by atoms with E-state index in [2.05, 4.69) is 40.9 Å². The number of hydrogen-bond acceptors (Lipinski definition) is 6. The van der Waals surface area contributed by atoms with E-state index in [1.165, 1.54) is 4.90 Å². The van der Waals surface area contributed by atoms with E-state index in [0.717, 1.165) is 38.7 Å². The van der Waals surface area contributed by atoms with Gasteiger partial charge in [0.25, 0.3) is 5.91 Å². The number of carbonyl (C=O) groups is 2. The Morgan fingerprint density at radius 1 is 1.17 bits per heavy atom. The number of fused-ring (bicyclic) bond motifs is 1. The van der Waals surface area contributed by atoms with Crippen LogP contribution in [0.1, 0.15) is 13.8 Å². The molecule has 0 aliphatic carbocycles. The fraction of sp³-hybridized carbons (Fsp3) is 0.800. The second-order valence-corrected chi connectivity index (χ2v) is 7.03. The van der Waals surface area contributed by atoms with Gasteiger partial charge in [0.1, 0.15) is 0 Å². The minimum absolute atomic E-state index is 0.244. The van der Waals surface area contributed by atoms with E-state index < -0.39 is 12.2 Å². The van der Waals surface area contributed by atoms with Crippen LogP contribution in [0.25, 0.3) is 0 Å². The Morgan fingerprint density at radius 3 is 2.43 bits per heavy atom. The van der Waals surface area contributed by atoms with Crippen molar-refractivity contribution in [1.29, 1.82) is 0 Å². The zero-order chi connectivity index (χ0) is 16.7. The van der Waals surface area contributed by atoms with Crippen molar-refractivity contribution >= 4 is 17.9 Å². The number of nitrogens with one attached hydrogen (secondary N) is 1. The molecule has 0 aromatic heterocycles. The van der Waals surface area contributed by atoms with Crippen LogP contribution in [0.2, 0.25) is 0 Å². The Bertz CT molecular complexity index is 526. The van der Waals surface area contributed by atoms with Crippen LogP contribution in [0, 0.1) is 5.92 Å². The van der Waals surface area contributed by atoms with Crippen LogP contribution in [-0.2, 0) is 4.79 Å². The van der Waals surface area contributed by atoms with E-state index in [1.54, 1.807) is 7.05 Å². The van der Waals surface area contributed by atoms with Gasteiger partial charge in [0.15, 0.2) is 18.2 Å². The Kier molecular flexibility index (Phi) is 4.18. The molecule has 0 spiro atoms. The summed E-state index contributed by atoms with van der Waals surface area (Å²) < 4.78 is 0. The molecule has 128 valence electrons. The Hall–Kier alpha value is -1.83. The molecule has 0 radical (unpaired) electrons. The molecule has 0 saturated carbocycles. The standard InChI is InChI=1S/C15H26N6O2/c1-10(2)9-21-11-12(19(4)15(23)17-13(11)22)16-14(21)20-7-5-18(3)6-8-20/h10-12H,5-9H2,1-4H3,(H,17,22,23). The molecule has 3 heterocycles. The molecule has 3 aliphatic rings. The van der Waals surface area contributed by atoms with Gasteiger partial charge in [-0.1, -0.05) is 13.8 Å². The fourth-order valence-corrected chi connectivity index (χ4v) is 3.37. The summed E-state index contributed by atoms with van der Waals surface area (Å²) in [6.07, 6.45) is -0.426. The van der Waals surface area contributed by atoms with Crippen molar-refractivity contribution < 1.29 is 9.59 Å². The van der Waals surface area contributed by atoms with Crippen molar-refractivity contribution in [2.24, 2.45) is 10.9 Å². The Morgan fingerprint density at radius 2 is 1.83 bits per heavy atom. The molecule has 23 heavy (non-hydrogen) atoms. The van der Waals surface area contributed by atoms with E-state index >= 15 is 0 Å². The van der Waals surface area contributed by atoms with E-state index in [0.29, 0.717) is 5.92 Å². The second kappa shape index (κ2) is 5.99. The third-order valence-corrected chi connectivity index (χ3v) is 4.69. The van der Waals surface area contributed by atoms with E-state index in [1.807, 2.05) is 0 Å². The highest BCUT2D eigenvalue weighted by Crippen LogP contribution is 2.26. The molecule has 3 amide bonds. The van der Waals surface area contributed by atoms with Gasteiger partial charge in [0, 0.05) is 39.8 Å². The van der Waals surface area contributed by atoms with Crippen LogP contribution in [0.4, 0.5) is 4.79 Å². The number of carbonyl (C=O) groups excluding carboxylic acids is 2. The highest BCUT2D eigenvalue weighted by atomic mass is 16.2. The number of piperazine rings is 1. The first-order valence-electron chi connectivity index (χ1n) is 8.24. The molecule has 0 aromatic rings. The summed E-state index contributed by atoms with van der Waals surface area (Å²) in [5, 5.41) is 2.44. The van der Waals surface area contributed by atoms with Crippen LogP contribution < -0.4 is 5.32 Å². The molecule has 0 bridgehead atoms. The Balaban J connectivity index is 1.88. The predicted octanol–water partition coefficient (Wildman–Crippen LogP) is -0.562. The third-order valence-electron chi connectivity index (χ3n) is 4.69. The van der Waals surface area contributed by atoms with Crippen LogP contribution in [0.5, 0.6) is 0 Å². The van der Waals surface area contributed by atoms with Crippen LogP contribution in [0.3, 0.4) is 0 Å². The van der Waals surface area contributed by atoms with Crippen molar-refractivity contribution in [3.63, 3.8) is 0 Å². The average Bonchev–Trinajstić information content (AvgIpc) is 2.85. The van der Waals surface area contributed by atoms with Crippen molar-refractivity contribution in [1.82, 2.24) is 24.9 Å². The Labute approximate surface area is 137 Å². The molecular formula is C15H26N6O2. The molecular weight excluding hydrogens is 296 g/mol. The van der Waals surface area contributed by atoms with Gasteiger partial charge in [0.05, 0.1) is 0 Å². The number of aliphatic imine (C=N–C) groups is 1. The maximum Gasteiger partial charge on any atom is 0.325 e. The summed E-state index contributed by atoms with van der Waals surface area (Å²) in [5.41, 5.74) is 0. The van der Waals surface area contributed by atoms with Crippen LogP contribution >= 0.6 is 0 Å². The van der Waals surface area contributed by atoms with Gasteiger partial charge in [-0.25, -0.2) is 9.79 Å². The quantitative estimate of drug-likeness (QED) is 0.738. The molecule has 2 atom stereocenters. The first-order valence-corrected chi connectivity index (χ1v) is 8.24. The van der Waals surface area contributed by atoms with Crippen molar-refractivity contribution in [2.75, 3.05) is 46.8 Å². The predicted molar refractivity (Wildman–Crippen MR) is 86.9 cm³/mol. The number of imide groups is 1. The smallest absolute Gasteiger partial charge is 0.325 e. The number of urea groups is 1. The molecule has 0 aromatic carbocycles. The number of hydrogen-bond donors (Lipinski definition) is 1. The van der Waals surface area contributed by atoms with Crippen LogP contribution in [-0.4, -0.2) is 96.5 Å². The number of nitrogens with zero attached hydrogens (tertiary/aromatic N) is 5. The number of guanidine groups is 1. The van der Waals surface area contributed by atoms with Gasteiger partial charge in [-0.05, 0) is 13.0 Å². The number of rotatable bonds is 2. The highest BCUT2D eigenvalue weighted by molar-refractivity contribution is 6.03. The lowest BCUT2D eigenvalue weighted by atomic mass is 10.1. The lowest BCUT2D eigenvalue weighted by Crippen LogP contribution is -2.65. The van der Waals surface area contributed by atoms with Crippen molar-refractivity contribution in [3.05, 3.63) is 0 Å². The summed E-state index contributed by atoms with van der Waals surface area (Å²) in [6.45, 7) is 8.75. The zero-order valence-electron chi connectivity index (χ0n) is 14.3. The first kappa shape index (κ1) is 16.0. The SMILES string of the molecule is CC(C)CN1C(N2CCN(C)CC2)=NC2C1C(=O)NC(=O)N2C. The monoisotopic (exact) mass is 322 g/mol. The topological polar surface area (TPSA) is 71.5 Å². The largest absolute Gasteiger partial charge is 0.340 e. The summed E-state index contributed by atoms with van der Waals surface area (Å²) in [5.74, 6) is 1.02. The highest BCUT2D eigenvalue weighted by Gasteiger charge is 2.49. The van der Waals surface area contributed by atoms with Gasteiger partial charge in [0.2, 0.25) is 0 Å². The maximum atomic E-state index is 12.4. The number of likely N-dealkylation sites (N-methyl/N-ethyl adjacent to an activating group) is 2. The van der Waals surface area contributed by atoms with Gasteiger partial charge in [-0.15, -0.1) is 0 Å². The van der Waals surface area contributed by atoms with Gasteiger partial charge in [-0.2, -0.15) is 0 Å². The van der Waals surface area contributed by atoms with Gasteiger partial charge in [-0.3, -0.25) is 10.1 Å². The maximum absolute atomic E-state index is 12.4.